The number of amides is 2. The second-order valence-electron chi connectivity index (χ2n) is 6.51. The molecule has 0 bridgehead atoms. The number of benzene rings is 1. The average molecular weight is 304 g/mol. The van der Waals surface area contributed by atoms with Gasteiger partial charge >= 0.3 is 6.03 Å². The fourth-order valence-corrected chi connectivity index (χ4v) is 2.42. The summed E-state index contributed by atoms with van der Waals surface area (Å²) in [5.41, 5.74) is 1.15. The molecule has 1 aliphatic rings. The molecule has 1 unspecified atom stereocenters. The first kappa shape index (κ1) is 16.8. The van der Waals surface area contributed by atoms with E-state index < -0.39 is 0 Å². The molecule has 0 spiro atoms. The van der Waals surface area contributed by atoms with Crippen LogP contribution in [0.3, 0.4) is 0 Å². The standard InChI is InChI=1S/C18H28N2O2/c1-14(2)12-17(16-6-4-3-5-7-16)20-18(21)19-10-11-22-13-15-8-9-15/h3-7,14-15,17H,8-13H2,1-2H3,(H2,19,20,21). The SMILES string of the molecule is CC(C)CC(NC(=O)NCCOCC1CC1)c1ccccc1. The van der Waals surface area contributed by atoms with Crippen LogP contribution in [0.25, 0.3) is 0 Å². The summed E-state index contributed by atoms with van der Waals surface area (Å²) in [6, 6.07) is 10.1. The van der Waals surface area contributed by atoms with E-state index in [9.17, 15) is 4.79 Å². The van der Waals surface area contributed by atoms with Crippen molar-refractivity contribution in [3.63, 3.8) is 0 Å². The molecule has 2 rings (SSSR count). The van der Waals surface area contributed by atoms with E-state index in [0.717, 1.165) is 24.5 Å². The normalized spacial score (nSPS) is 15.6. The molecule has 4 nitrogen and oxygen atoms in total. The van der Waals surface area contributed by atoms with Crippen LogP contribution in [0.2, 0.25) is 0 Å². The first-order valence-corrected chi connectivity index (χ1v) is 8.32. The number of hydrogen-bond acceptors (Lipinski definition) is 2. The van der Waals surface area contributed by atoms with Crippen LogP contribution >= 0.6 is 0 Å². The summed E-state index contributed by atoms with van der Waals surface area (Å²) in [5, 5.41) is 5.95. The quantitative estimate of drug-likeness (QED) is 0.686. The lowest BCUT2D eigenvalue weighted by atomic mass is 9.97. The van der Waals surface area contributed by atoms with Crippen LogP contribution in [-0.4, -0.2) is 25.8 Å². The Hall–Kier alpha value is -1.55. The first-order chi connectivity index (χ1) is 10.6. The van der Waals surface area contributed by atoms with Crippen molar-refractivity contribution >= 4 is 6.03 Å². The number of rotatable bonds is 9. The maximum atomic E-state index is 12.0. The van der Waals surface area contributed by atoms with Gasteiger partial charge in [-0.1, -0.05) is 44.2 Å². The zero-order valence-electron chi connectivity index (χ0n) is 13.7. The Labute approximate surface area is 133 Å². The van der Waals surface area contributed by atoms with Gasteiger partial charge in [-0.2, -0.15) is 0 Å². The third-order valence-corrected chi connectivity index (χ3v) is 3.80. The molecular formula is C18H28N2O2. The highest BCUT2D eigenvalue weighted by atomic mass is 16.5. The van der Waals surface area contributed by atoms with Crippen molar-refractivity contribution < 1.29 is 9.53 Å². The van der Waals surface area contributed by atoms with Crippen LogP contribution in [0.4, 0.5) is 4.79 Å². The minimum atomic E-state index is -0.121. The highest BCUT2D eigenvalue weighted by Crippen LogP contribution is 2.28. The van der Waals surface area contributed by atoms with E-state index in [1.165, 1.54) is 12.8 Å². The fraction of sp³-hybridized carbons (Fsp3) is 0.611. The molecule has 0 radical (unpaired) electrons. The fourth-order valence-electron chi connectivity index (χ4n) is 2.42. The number of hydrogen-bond donors (Lipinski definition) is 2. The van der Waals surface area contributed by atoms with E-state index in [4.69, 9.17) is 4.74 Å². The van der Waals surface area contributed by atoms with E-state index in [-0.39, 0.29) is 12.1 Å². The predicted octanol–water partition coefficient (Wildman–Crippen LogP) is 3.50. The number of urea groups is 1. The number of ether oxygens (including phenoxy) is 1. The van der Waals surface area contributed by atoms with Crippen LogP contribution in [0.5, 0.6) is 0 Å². The molecule has 1 aromatic rings. The smallest absolute Gasteiger partial charge is 0.315 e. The van der Waals surface area contributed by atoms with Crippen LogP contribution < -0.4 is 10.6 Å². The minimum Gasteiger partial charge on any atom is -0.379 e. The van der Waals surface area contributed by atoms with Crippen molar-refractivity contribution in [2.24, 2.45) is 11.8 Å². The van der Waals surface area contributed by atoms with E-state index in [0.29, 0.717) is 19.1 Å². The van der Waals surface area contributed by atoms with Gasteiger partial charge in [0.2, 0.25) is 0 Å². The van der Waals surface area contributed by atoms with Crippen LogP contribution in [-0.2, 0) is 4.74 Å². The van der Waals surface area contributed by atoms with Gasteiger partial charge in [0.05, 0.1) is 12.6 Å². The van der Waals surface area contributed by atoms with E-state index in [1.54, 1.807) is 0 Å². The highest BCUT2D eigenvalue weighted by Gasteiger charge is 2.21. The summed E-state index contributed by atoms with van der Waals surface area (Å²) < 4.78 is 5.52. The lowest BCUT2D eigenvalue weighted by Crippen LogP contribution is -2.39. The molecule has 122 valence electrons. The van der Waals surface area contributed by atoms with Crippen molar-refractivity contribution in [3.05, 3.63) is 35.9 Å². The molecule has 2 N–H and O–H groups in total. The summed E-state index contributed by atoms with van der Waals surface area (Å²) in [6.07, 6.45) is 3.51. The van der Waals surface area contributed by atoms with Gasteiger partial charge in [0.1, 0.15) is 0 Å². The van der Waals surface area contributed by atoms with Gasteiger partial charge in [-0.05, 0) is 36.7 Å². The van der Waals surface area contributed by atoms with Crippen molar-refractivity contribution in [2.75, 3.05) is 19.8 Å². The highest BCUT2D eigenvalue weighted by molar-refractivity contribution is 5.74. The Bertz CT molecular complexity index is 444. The summed E-state index contributed by atoms with van der Waals surface area (Å²) in [7, 11) is 0. The summed E-state index contributed by atoms with van der Waals surface area (Å²) >= 11 is 0. The predicted molar refractivity (Wildman–Crippen MR) is 88.7 cm³/mol. The van der Waals surface area contributed by atoms with Gasteiger partial charge in [0, 0.05) is 13.2 Å². The molecule has 1 fully saturated rings. The van der Waals surface area contributed by atoms with Gasteiger partial charge in [-0.15, -0.1) is 0 Å². The van der Waals surface area contributed by atoms with Crippen molar-refractivity contribution in [3.8, 4) is 0 Å². The molecule has 0 aliphatic heterocycles. The van der Waals surface area contributed by atoms with Crippen LogP contribution in [0.1, 0.15) is 44.7 Å². The van der Waals surface area contributed by atoms with Crippen molar-refractivity contribution in [1.82, 2.24) is 10.6 Å². The molecule has 1 aromatic carbocycles. The summed E-state index contributed by atoms with van der Waals surface area (Å²) in [6.45, 7) is 6.32. The lowest BCUT2D eigenvalue weighted by molar-refractivity contribution is 0.126. The molecule has 0 heterocycles. The van der Waals surface area contributed by atoms with Crippen molar-refractivity contribution in [1.29, 1.82) is 0 Å². The Morgan fingerprint density at radius 2 is 2.00 bits per heavy atom. The maximum Gasteiger partial charge on any atom is 0.315 e. The molecular weight excluding hydrogens is 276 g/mol. The zero-order valence-corrected chi connectivity index (χ0v) is 13.7. The Kier molecular flexibility index (Phi) is 6.72. The van der Waals surface area contributed by atoms with E-state index in [1.807, 2.05) is 18.2 Å². The number of nitrogens with one attached hydrogen (secondary N) is 2. The van der Waals surface area contributed by atoms with Gasteiger partial charge in [-0.3, -0.25) is 0 Å². The van der Waals surface area contributed by atoms with Gasteiger partial charge < -0.3 is 15.4 Å². The Morgan fingerprint density at radius 3 is 2.64 bits per heavy atom. The second kappa shape index (κ2) is 8.79. The third-order valence-electron chi connectivity index (χ3n) is 3.80. The molecule has 1 saturated carbocycles. The topological polar surface area (TPSA) is 50.4 Å². The van der Waals surface area contributed by atoms with Gasteiger partial charge in [0.15, 0.2) is 0 Å². The molecule has 4 heteroatoms. The van der Waals surface area contributed by atoms with Gasteiger partial charge in [-0.25, -0.2) is 4.79 Å². The Morgan fingerprint density at radius 1 is 1.27 bits per heavy atom. The monoisotopic (exact) mass is 304 g/mol. The third kappa shape index (κ3) is 6.48. The van der Waals surface area contributed by atoms with Crippen LogP contribution in [0.15, 0.2) is 30.3 Å². The van der Waals surface area contributed by atoms with Gasteiger partial charge in [0.25, 0.3) is 0 Å². The summed E-state index contributed by atoms with van der Waals surface area (Å²) in [5.74, 6) is 1.29. The molecule has 1 atom stereocenters. The van der Waals surface area contributed by atoms with E-state index >= 15 is 0 Å². The van der Waals surface area contributed by atoms with Crippen molar-refractivity contribution in [2.45, 2.75) is 39.2 Å². The number of carbonyl (C=O) groups excluding carboxylic acids is 1. The maximum absolute atomic E-state index is 12.0. The molecule has 0 aromatic heterocycles. The number of carbonyl (C=O) groups is 1. The summed E-state index contributed by atoms with van der Waals surface area (Å²) in [4.78, 5) is 12.0. The molecule has 1 aliphatic carbocycles. The Balaban J connectivity index is 1.72. The second-order valence-corrected chi connectivity index (χ2v) is 6.51. The molecule has 0 saturated heterocycles. The lowest BCUT2D eigenvalue weighted by Gasteiger charge is -2.21. The largest absolute Gasteiger partial charge is 0.379 e. The molecule has 22 heavy (non-hydrogen) atoms. The molecule has 2 amide bonds. The average Bonchev–Trinajstić information content (AvgIpc) is 3.31. The first-order valence-electron chi connectivity index (χ1n) is 8.32. The zero-order chi connectivity index (χ0) is 15.8. The van der Waals surface area contributed by atoms with E-state index in [2.05, 4.69) is 36.6 Å². The van der Waals surface area contributed by atoms with Crippen LogP contribution in [0, 0.1) is 11.8 Å². The minimum absolute atomic E-state index is 0.0496.